The van der Waals surface area contributed by atoms with Gasteiger partial charge in [-0.05, 0) is 24.6 Å². The van der Waals surface area contributed by atoms with E-state index in [2.05, 4.69) is 16.1 Å². The van der Waals surface area contributed by atoms with E-state index < -0.39 is 10.0 Å². The topological polar surface area (TPSA) is 82.0 Å². The van der Waals surface area contributed by atoms with Crippen LogP contribution in [-0.2, 0) is 10.0 Å². The van der Waals surface area contributed by atoms with Crippen LogP contribution < -0.4 is 10.0 Å². The summed E-state index contributed by atoms with van der Waals surface area (Å²) in [5, 5.41) is 12.0. The molecule has 0 aliphatic heterocycles. The van der Waals surface area contributed by atoms with Crippen molar-refractivity contribution in [3.63, 3.8) is 0 Å². The first-order chi connectivity index (χ1) is 8.98. The minimum atomic E-state index is -3.19. The molecule has 1 atom stereocenters. The van der Waals surface area contributed by atoms with Crippen molar-refractivity contribution in [2.75, 3.05) is 18.8 Å². The molecule has 1 unspecified atom stereocenters. The van der Waals surface area contributed by atoms with Gasteiger partial charge in [0.2, 0.25) is 10.0 Å². The summed E-state index contributed by atoms with van der Waals surface area (Å²) in [6.45, 7) is 4.47. The van der Waals surface area contributed by atoms with Crippen LogP contribution in [0.25, 0.3) is 0 Å². The fourth-order valence-electron chi connectivity index (χ4n) is 1.70. The van der Waals surface area contributed by atoms with E-state index in [1.54, 1.807) is 19.1 Å². The molecule has 104 valence electrons. The van der Waals surface area contributed by atoms with Crippen molar-refractivity contribution in [2.45, 2.75) is 19.9 Å². The zero-order valence-electron chi connectivity index (χ0n) is 11.2. The number of nitriles is 1. The van der Waals surface area contributed by atoms with Crippen LogP contribution in [0.1, 0.15) is 31.0 Å². The molecule has 0 radical (unpaired) electrons. The number of sulfonamides is 1. The van der Waals surface area contributed by atoms with Crippen LogP contribution in [0.5, 0.6) is 0 Å². The Morgan fingerprint density at radius 1 is 1.42 bits per heavy atom. The minimum absolute atomic E-state index is 0.00475. The van der Waals surface area contributed by atoms with Crippen LogP contribution in [-0.4, -0.2) is 27.3 Å². The lowest BCUT2D eigenvalue weighted by molar-refractivity contribution is 0.564. The molecule has 0 amide bonds. The lowest BCUT2D eigenvalue weighted by Gasteiger charge is -2.14. The third-order valence-electron chi connectivity index (χ3n) is 2.70. The fourth-order valence-corrected chi connectivity index (χ4v) is 2.67. The molecule has 0 aliphatic carbocycles. The summed E-state index contributed by atoms with van der Waals surface area (Å²) in [5.41, 5.74) is 1.58. The number of hydrogen-bond donors (Lipinski definition) is 2. The third-order valence-corrected chi connectivity index (χ3v) is 4.17. The SMILES string of the molecule is CCNS(=O)(=O)CCNC(C)c1cccc(C#N)c1. The molecule has 0 saturated heterocycles. The van der Waals surface area contributed by atoms with Crippen LogP contribution in [0, 0.1) is 11.3 Å². The third kappa shape index (κ3) is 5.39. The van der Waals surface area contributed by atoms with Crippen LogP contribution in [0.3, 0.4) is 0 Å². The number of hydrogen-bond acceptors (Lipinski definition) is 4. The van der Waals surface area contributed by atoms with Crippen molar-refractivity contribution in [2.24, 2.45) is 0 Å². The molecule has 0 spiro atoms. The Morgan fingerprint density at radius 2 is 2.16 bits per heavy atom. The van der Waals surface area contributed by atoms with Crippen LogP contribution in [0.15, 0.2) is 24.3 Å². The number of nitrogens with one attached hydrogen (secondary N) is 2. The Labute approximate surface area is 114 Å². The molecule has 1 aromatic rings. The van der Waals surface area contributed by atoms with Crippen molar-refractivity contribution in [1.82, 2.24) is 10.0 Å². The second-order valence-corrected chi connectivity index (χ2v) is 6.16. The smallest absolute Gasteiger partial charge is 0.212 e. The normalized spacial score (nSPS) is 12.9. The molecule has 0 aromatic heterocycles. The van der Waals surface area contributed by atoms with Crippen LogP contribution in [0.2, 0.25) is 0 Å². The molecule has 0 bridgehead atoms. The Hall–Kier alpha value is -1.42. The molecule has 1 aromatic carbocycles. The summed E-state index contributed by atoms with van der Waals surface area (Å²) in [4.78, 5) is 0. The van der Waals surface area contributed by atoms with Gasteiger partial charge in [-0.25, -0.2) is 13.1 Å². The van der Waals surface area contributed by atoms with E-state index in [0.29, 0.717) is 18.7 Å². The molecule has 0 fully saturated rings. The average Bonchev–Trinajstić information content (AvgIpc) is 2.38. The molecular formula is C13H19N3O2S. The zero-order valence-corrected chi connectivity index (χ0v) is 12.0. The van der Waals surface area contributed by atoms with E-state index in [4.69, 9.17) is 5.26 Å². The van der Waals surface area contributed by atoms with E-state index in [-0.39, 0.29) is 11.8 Å². The van der Waals surface area contributed by atoms with Gasteiger partial charge >= 0.3 is 0 Å². The first-order valence-electron chi connectivity index (χ1n) is 6.19. The minimum Gasteiger partial charge on any atom is -0.309 e. The largest absolute Gasteiger partial charge is 0.309 e. The second kappa shape index (κ2) is 7.24. The van der Waals surface area contributed by atoms with E-state index in [9.17, 15) is 8.42 Å². The summed E-state index contributed by atoms with van der Waals surface area (Å²) < 4.78 is 25.4. The monoisotopic (exact) mass is 281 g/mol. The van der Waals surface area contributed by atoms with Gasteiger partial charge in [0.15, 0.2) is 0 Å². The van der Waals surface area contributed by atoms with Gasteiger partial charge in [-0.2, -0.15) is 5.26 Å². The lowest BCUT2D eigenvalue weighted by atomic mass is 10.1. The Bertz CT molecular complexity index is 549. The molecule has 2 N–H and O–H groups in total. The maximum absolute atomic E-state index is 11.5. The van der Waals surface area contributed by atoms with Gasteiger partial charge in [0.25, 0.3) is 0 Å². The van der Waals surface area contributed by atoms with Crippen LogP contribution >= 0.6 is 0 Å². The summed E-state index contributed by atoms with van der Waals surface area (Å²) in [7, 11) is -3.19. The maximum atomic E-state index is 11.5. The summed E-state index contributed by atoms with van der Waals surface area (Å²) in [5.74, 6) is 0.0448. The number of nitrogens with zero attached hydrogens (tertiary/aromatic N) is 1. The van der Waals surface area contributed by atoms with Crippen LogP contribution in [0.4, 0.5) is 0 Å². The van der Waals surface area contributed by atoms with Gasteiger partial charge in [0.1, 0.15) is 0 Å². The van der Waals surface area contributed by atoms with Gasteiger partial charge in [-0.15, -0.1) is 0 Å². The molecule has 0 aliphatic rings. The molecule has 0 heterocycles. The zero-order chi connectivity index (χ0) is 14.3. The highest BCUT2D eigenvalue weighted by Crippen LogP contribution is 2.13. The highest BCUT2D eigenvalue weighted by molar-refractivity contribution is 7.89. The predicted molar refractivity (Wildman–Crippen MR) is 75.0 cm³/mol. The van der Waals surface area contributed by atoms with E-state index in [1.165, 1.54) is 0 Å². The average molecular weight is 281 g/mol. The standard InChI is InChI=1S/C13H19N3O2S/c1-3-16-19(17,18)8-7-15-11(2)13-6-4-5-12(9-13)10-14/h4-6,9,11,15-16H,3,7-8H2,1-2H3. The van der Waals surface area contributed by atoms with Crippen molar-refractivity contribution in [1.29, 1.82) is 5.26 Å². The molecular weight excluding hydrogens is 262 g/mol. The molecule has 19 heavy (non-hydrogen) atoms. The number of benzene rings is 1. The fraction of sp³-hybridized carbons (Fsp3) is 0.462. The van der Waals surface area contributed by atoms with E-state index >= 15 is 0 Å². The Morgan fingerprint density at radius 3 is 2.79 bits per heavy atom. The number of rotatable bonds is 7. The quantitative estimate of drug-likeness (QED) is 0.785. The van der Waals surface area contributed by atoms with Crippen molar-refractivity contribution in [3.8, 4) is 6.07 Å². The Kier molecular flexibility index (Phi) is 5.96. The lowest BCUT2D eigenvalue weighted by Crippen LogP contribution is -2.32. The summed E-state index contributed by atoms with van der Waals surface area (Å²) in [6.07, 6.45) is 0. The molecule has 5 nitrogen and oxygen atoms in total. The maximum Gasteiger partial charge on any atom is 0.212 e. The van der Waals surface area contributed by atoms with Crippen molar-refractivity contribution >= 4 is 10.0 Å². The van der Waals surface area contributed by atoms with Crippen molar-refractivity contribution in [3.05, 3.63) is 35.4 Å². The predicted octanol–water partition coefficient (Wildman–Crippen LogP) is 1.15. The van der Waals surface area contributed by atoms with Gasteiger partial charge in [-0.1, -0.05) is 19.1 Å². The highest BCUT2D eigenvalue weighted by atomic mass is 32.2. The van der Waals surface area contributed by atoms with Gasteiger partial charge in [0.05, 0.1) is 17.4 Å². The Balaban J connectivity index is 2.52. The highest BCUT2D eigenvalue weighted by Gasteiger charge is 2.10. The van der Waals surface area contributed by atoms with Gasteiger partial charge in [0, 0.05) is 19.1 Å². The molecule has 6 heteroatoms. The molecule has 0 saturated carbocycles. The van der Waals surface area contributed by atoms with E-state index in [0.717, 1.165) is 5.56 Å². The van der Waals surface area contributed by atoms with Gasteiger partial charge < -0.3 is 5.32 Å². The summed E-state index contributed by atoms with van der Waals surface area (Å²) in [6, 6.07) is 9.37. The second-order valence-electron chi connectivity index (χ2n) is 4.23. The van der Waals surface area contributed by atoms with Crippen molar-refractivity contribution < 1.29 is 8.42 Å². The first kappa shape index (κ1) is 15.6. The molecule has 1 rings (SSSR count). The van der Waals surface area contributed by atoms with E-state index in [1.807, 2.05) is 19.1 Å². The summed E-state index contributed by atoms with van der Waals surface area (Å²) >= 11 is 0. The van der Waals surface area contributed by atoms with Gasteiger partial charge in [-0.3, -0.25) is 0 Å². The first-order valence-corrected chi connectivity index (χ1v) is 7.84.